The molecule has 0 fully saturated rings. The number of ether oxygens (including phenoxy) is 2. The van der Waals surface area contributed by atoms with Crippen molar-refractivity contribution >= 4 is 17.8 Å². The minimum absolute atomic E-state index is 0.0517. The van der Waals surface area contributed by atoms with Crippen LogP contribution in [-0.4, -0.2) is 61.9 Å². The molecule has 0 saturated heterocycles. The van der Waals surface area contributed by atoms with Crippen LogP contribution in [0.25, 0.3) is 0 Å². The quantitative estimate of drug-likeness (QED) is 0.300. The zero-order valence-electron chi connectivity index (χ0n) is 18.6. The van der Waals surface area contributed by atoms with Crippen LogP contribution in [0.4, 0.5) is 0 Å². The summed E-state index contributed by atoms with van der Waals surface area (Å²) in [5.41, 5.74) is 1.06. The van der Waals surface area contributed by atoms with Gasteiger partial charge in [0.05, 0.1) is 37.7 Å². The molecule has 0 saturated carbocycles. The summed E-state index contributed by atoms with van der Waals surface area (Å²) in [6.07, 6.45) is 5.29. The summed E-state index contributed by atoms with van der Waals surface area (Å²) in [5, 5.41) is 14.3. The van der Waals surface area contributed by atoms with Gasteiger partial charge in [0.1, 0.15) is 6.61 Å². The summed E-state index contributed by atoms with van der Waals surface area (Å²) in [6, 6.07) is 9.44. The Labute approximate surface area is 189 Å². The third-order valence-corrected chi connectivity index (χ3v) is 5.14. The predicted octanol–water partition coefficient (Wildman–Crippen LogP) is 1.37. The van der Waals surface area contributed by atoms with E-state index in [9.17, 15) is 14.4 Å². The van der Waals surface area contributed by atoms with E-state index in [4.69, 9.17) is 14.6 Å². The fourth-order valence-electron chi connectivity index (χ4n) is 3.42. The van der Waals surface area contributed by atoms with Gasteiger partial charge in [-0.15, -0.1) is 0 Å². The van der Waals surface area contributed by atoms with Gasteiger partial charge in [0.25, 0.3) is 0 Å². The zero-order chi connectivity index (χ0) is 23.2. The number of hydrogen-bond acceptors (Lipinski definition) is 6. The Bertz CT molecular complexity index is 752. The second-order valence-corrected chi connectivity index (χ2v) is 7.96. The standard InChI is InChI=1S/C24H34N2O6/c1-18-17-32-24(30)21(15-19-7-3-2-4-8-19)10-6-5-9-20(23(29)26-18)16-22(28)25-11-13-31-14-12-27/h2-8,18,20-21,27H,9-17H2,1H3,(H,25,28)(H,26,29). The first-order chi connectivity index (χ1) is 15.5. The van der Waals surface area contributed by atoms with E-state index in [0.29, 0.717) is 32.4 Å². The molecule has 8 heteroatoms. The molecule has 0 radical (unpaired) electrons. The van der Waals surface area contributed by atoms with Crippen LogP contribution in [-0.2, 0) is 30.3 Å². The zero-order valence-corrected chi connectivity index (χ0v) is 18.6. The lowest BCUT2D eigenvalue weighted by molar-refractivity contribution is -0.149. The molecule has 3 N–H and O–H groups in total. The van der Waals surface area contributed by atoms with Crippen molar-refractivity contribution in [2.45, 2.75) is 38.6 Å². The number of nitrogens with one attached hydrogen (secondary N) is 2. The largest absolute Gasteiger partial charge is 0.463 e. The van der Waals surface area contributed by atoms with Gasteiger partial charge in [-0.25, -0.2) is 0 Å². The highest BCUT2D eigenvalue weighted by Crippen LogP contribution is 2.18. The van der Waals surface area contributed by atoms with E-state index < -0.39 is 5.92 Å². The number of esters is 1. The van der Waals surface area contributed by atoms with Crippen LogP contribution < -0.4 is 10.6 Å². The summed E-state index contributed by atoms with van der Waals surface area (Å²) in [6.45, 7) is 2.63. The van der Waals surface area contributed by atoms with Gasteiger partial charge in [-0.2, -0.15) is 0 Å². The van der Waals surface area contributed by atoms with E-state index >= 15 is 0 Å². The molecule has 3 atom stereocenters. The summed E-state index contributed by atoms with van der Waals surface area (Å²) in [5.74, 6) is -1.59. The van der Waals surface area contributed by atoms with E-state index in [-0.39, 0.29) is 56.0 Å². The predicted molar refractivity (Wildman–Crippen MR) is 120 cm³/mol. The SMILES string of the molecule is CC1COC(=O)C(Cc2ccccc2)CC=CCC(CC(=O)NCCOCCO)C(=O)N1. The number of amides is 2. The van der Waals surface area contributed by atoms with E-state index in [1.54, 1.807) is 6.92 Å². The van der Waals surface area contributed by atoms with Crippen molar-refractivity contribution in [1.82, 2.24) is 10.6 Å². The molecule has 1 aromatic carbocycles. The first-order valence-electron chi connectivity index (χ1n) is 11.1. The first kappa shape index (κ1) is 25.5. The summed E-state index contributed by atoms with van der Waals surface area (Å²) in [7, 11) is 0. The molecule has 0 aliphatic carbocycles. The smallest absolute Gasteiger partial charge is 0.309 e. The molecule has 0 aromatic heterocycles. The van der Waals surface area contributed by atoms with Crippen LogP contribution >= 0.6 is 0 Å². The molecular formula is C24H34N2O6. The highest BCUT2D eigenvalue weighted by molar-refractivity contribution is 5.86. The maximum absolute atomic E-state index is 12.7. The number of hydrogen-bond donors (Lipinski definition) is 3. The molecule has 3 unspecified atom stereocenters. The molecule has 0 bridgehead atoms. The lowest BCUT2D eigenvalue weighted by Gasteiger charge is -2.22. The van der Waals surface area contributed by atoms with Gasteiger partial charge >= 0.3 is 5.97 Å². The van der Waals surface area contributed by atoms with Gasteiger partial charge in [-0.1, -0.05) is 42.5 Å². The number of rotatable bonds is 9. The number of carbonyl (C=O) groups is 3. The van der Waals surface area contributed by atoms with Crippen molar-refractivity contribution in [2.75, 3.05) is 33.0 Å². The third kappa shape index (κ3) is 9.62. The molecule has 1 aliphatic heterocycles. The summed E-state index contributed by atoms with van der Waals surface area (Å²) in [4.78, 5) is 37.5. The number of aliphatic hydroxyl groups is 1. The highest BCUT2D eigenvalue weighted by Gasteiger charge is 2.25. The summed E-state index contributed by atoms with van der Waals surface area (Å²) < 4.78 is 10.6. The van der Waals surface area contributed by atoms with Crippen molar-refractivity contribution < 1.29 is 29.0 Å². The van der Waals surface area contributed by atoms with Gasteiger partial charge < -0.3 is 25.2 Å². The molecule has 1 aliphatic rings. The van der Waals surface area contributed by atoms with Crippen molar-refractivity contribution in [1.29, 1.82) is 0 Å². The lowest BCUT2D eigenvalue weighted by Crippen LogP contribution is -2.42. The Morgan fingerprint density at radius 3 is 2.59 bits per heavy atom. The van der Waals surface area contributed by atoms with Gasteiger partial charge in [0, 0.05) is 13.0 Å². The van der Waals surface area contributed by atoms with Crippen LogP contribution in [0.1, 0.15) is 31.7 Å². The maximum Gasteiger partial charge on any atom is 0.309 e. The fraction of sp³-hybridized carbons (Fsp3) is 0.542. The van der Waals surface area contributed by atoms with Crippen LogP contribution in [0.15, 0.2) is 42.5 Å². The Morgan fingerprint density at radius 1 is 1.16 bits per heavy atom. The fourth-order valence-corrected chi connectivity index (χ4v) is 3.42. The molecule has 2 rings (SSSR count). The van der Waals surface area contributed by atoms with E-state index in [1.807, 2.05) is 42.5 Å². The number of aliphatic hydroxyl groups excluding tert-OH is 1. The van der Waals surface area contributed by atoms with Gasteiger partial charge in [-0.3, -0.25) is 14.4 Å². The molecule has 176 valence electrons. The second kappa shape index (κ2) is 14.4. The van der Waals surface area contributed by atoms with Gasteiger partial charge in [0.15, 0.2) is 0 Å². The second-order valence-electron chi connectivity index (χ2n) is 7.96. The monoisotopic (exact) mass is 446 g/mol. The average molecular weight is 447 g/mol. The Morgan fingerprint density at radius 2 is 1.88 bits per heavy atom. The molecule has 1 heterocycles. The average Bonchev–Trinajstić information content (AvgIpc) is 2.78. The molecule has 2 amide bonds. The number of cyclic esters (lactones) is 1. The van der Waals surface area contributed by atoms with Crippen LogP contribution in [0.5, 0.6) is 0 Å². The first-order valence-corrected chi connectivity index (χ1v) is 11.1. The normalized spacial score (nSPS) is 22.2. The van der Waals surface area contributed by atoms with Crippen LogP contribution in [0, 0.1) is 11.8 Å². The maximum atomic E-state index is 12.7. The Hall–Kier alpha value is -2.71. The summed E-state index contributed by atoms with van der Waals surface area (Å²) >= 11 is 0. The van der Waals surface area contributed by atoms with E-state index in [0.717, 1.165) is 5.56 Å². The molecule has 32 heavy (non-hydrogen) atoms. The lowest BCUT2D eigenvalue weighted by atomic mass is 9.94. The highest BCUT2D eigenvalue weighted by atomic mass is 16.5. The molecule has 8 nitrogen and oxygen atoms in total. The number of carbonyl (C=O) groups excluding carboxylic acids is 3. The van der Waals surface area contributed by atoms with Crippen LogP contribution in [0.2, 0.25) is 0 Å². The Kier molecular flexibility index (Phi) is 11.5. The minimum Gasteiger partial charge on any atom is -0.463 e. The topological polar surface area (TPSA) is 114 Å². The number of benzene rings is 1. The van der Waals surface area contributed by atoms with Crippen molar-refractivity contribution in [2.24, 2.45) is 11.8 Å². The van der Waals surface area contributed by atoms with E-state index in [1.165, 1.54) is 0 Å². The van der Waals surface area contributed by atoms with Gasteiger partial charge in [-0.05, 0) is 31.7 Å². The van der Waals surface area contributed by atoms with Gasteiger partial charge in [0.2, 0.25) is 11.8 Å². The molecular weight excluding hydrogens is 412 g/mol. The molecule has 1 aromatic rings. The van der Waals surface area contributed by atoms with Crippen molar-refractivity contribution in [3.8, 4) is 0 Å². The minimum atomic E-state index is -0.519. The van der Waals surface area contributed by atoms with E-state index in [2.05, 4.69) is 10.6 Å². The van der Waals surface area contributed by atoms with Crippen LogP contribution in [0.3, 0.4) is 0 Å². The van der Waals surface area contributed by atoms with Crippen molar-refractivity contribution in [3.05, 3.63) is 48.0 Å². The Balaban J connectivity index is 1.97. The number of allylic oxidation sites excluding steroid dienone is 2. The van der Waals surface area contributed by atoms with Crippen molar-refractivity contribution in [3.63, 3.8) is 0 Å². The molecule has 0 spiro atoms. The third-order valence-electron chi connectivity index (χ3n) is 5.14.